The Morgan fingerprint density at radius 1 is 1.19 bits per heavy atom. The number of carbonyl (C=O) groups is 1. The highest BCUT2D eigenvalue weighted by Gasteiger charge is 2.40. The van der Waals surface area contributed by atoms with E-state index >= 15 is 0 Å². The van der Waals surface area contributed by atoms with Gasteiger partial charge in [0.25, 0.3) is 0 Å². The van der Waals surface area contributed by atoms with Crippen LogP contribution >= 0.6 is 11.8 Å². The molecule has 0 saturated carbocycles. The standard InChI is InChI=1S/C27H32N4O4SSi/c1-27(2,3)37(5,6)35-24(20-9-7-8-19(30-20)11-13-23(32)33)18-10-12-22-21(16-18)31(17-34-4)25-26(36-22)29-15-14-28-25/h7-16,24H,17H2,1-6H3,(H,32,33)/b13-11+. The van der Waals surface area contributed by atoms with Gasteiger partial charge < -0.3 is 14.3 Å². The summed E-state index contributed by atoms with van der Waals surface area (Å²) in [7, 11) is -0.573. The molecule has 1 atom stereocenters. The third-order valence-electron chi connectivity index (χ3n) is 6.62. The molecule has 1 aliphatic heterocycles. The highest BCUT2D eigenvalue weighted by atomic mass is 32.2. The smallest absolute Gasteiger partial charge is 0.328 e. The first-order chi connectivity index (χ1) is 17.5. The Kier molecular flexibility index (Phi) is 7.84. The van der Waals surface area contributed by atoms with Gasteiger partial charge in [0.1, 0.15) is 17.9 Å². The first kappa shape index (κ1) is 27.0. The van der Waals surface area contributed by atoms with Crippen molar-refractivity contribution in [3.05, 3.63) is 71.8 Å². The Bertz CT molecular complexity index is 1330. The molecule has 4 rings (SSSR count). The fourth-order valence-corrected chi connectivity index (χ4v) is 5.87. The molecular weight excluding hydrogens is 504 g/mol. The molecule has 1 N–H and O–H groups in total. The fourth-order valence-electron chi connectivity index (χ4n) is 3.68. The maximum Gasteiger partial charge on any atom is 0.328 e. The minimum Gasteiger partial charge on any atom is -0.478 e. The van der Waals surface area contributed by atoms with Crippen LogP contribution in [0.4, 0.5) is 11.5 Å². The van der Waals surface area contributed by atoms with Gasteiger partial charge >= 0.3 is 5.97 Å². The Balaban J connectivity index is 1.82. The van der Waals surface area contributed by atoms with E-state index in [0.29, 0.717) is 12.4 Å². The third-order valence-corrected chi connectivity index (χ3v) is 12.1. The largest absolute Gasteiger partial charge is 0.478 e. The molecule has 3 heterocycles. The van der Waals surface area contributed by atoms with Crippen molar-refractivity contribution in [2.24, 2.45) is 0 Å². The van der Waals surface area contributed by atoms with Crippen LogP contribution in [0.25, 0.3) is 6.08 Å². The van der Waals surface area contributed by atoms with Crippen LogP contribution in [0.15, 0.2) is 64.8 Å². The van der Waals surface area contributed by atoms with Gasteiger partial charge in [-0.15, -0.1) is 0 Å². The molecule has 1 unspecified atom stereocenters. The van der Waals surface area contributed by atoms with Gasteiger partial charge in [-0.2, -0.15) is 0 Å². The summed E-state index contributed by atoms with van der Waals surface area (Å²) in [5, 5.41) is 9.87. The predicted molar refractivity (Wildman–Crippen MR) is 148 cm³/mol. The molecule has 3 aromatic rings. The average Bonchev–Trinajstić information content (AvgIpc) is 2.85. The lowest BCUT2D eigenvalue weighted by Gasteiger charge is -2.39. The van der Waals surface area contributed by atoms with Crippen molar-refractivity contribution < 1.29 is 19.1 Å². The molecule has 0 spiro atoms. The van der Waals surface area contributed by atoms with Crippen molar-refractivity contribution in [1.29, 1.82) is 0 Å². The lowest BCUT2D eigenvalue weighted by molar-refractivity contribution is -0.131. The number of hydrogen-bond donors (Lipinski definition) is 1. The van der Waals surface area contributed by atoms with Crippen molar-refractivity contribution in [2.45, 2.75) is 54.9 Å². The van der Waals surface area contributed by atoms with Gasteiger partial charge in [-0.05, 0) is 54.0 Å². The molecule has 0 bridgehead atoms. The van der Waals surface area contributed by atoms with E-state index in [1.807, 2.05) is 17.0 Å². The van der Waals surface area contributed by atoms with Gasteiger partial charge in [0, 0.05) is 30.5 Å². The van der Waals surface area contributed by atoms with Crippen LogP contribution in [0.1, 0.15) is 43.8 Å². The molecule has 8 nitrogen and oxygen atoms in total. The summed E-state index contributed by atoms with van der Waals surface area (Å²) in [4.78, 5) is 27.9. The number of rotatable bonds is 8. The molecule has 37 heavy (non-hydrogen) atoms. The highest BCUT2D eigenvalue weighted by Crippen LogP contribution is 2.48. The molecule has 10 heteroatoms. The average molecular weight is 537 g/mol. The number of ether oxygens (including phenoxy) is 1. The first-order valence-corrected chi connectivity index (χ1v) is 15.7. The molecular formula is C27H32N4O4SSi. The minimum absolute atomic E-state index is 0.0211. The van der Waals surface area contributed by atoms with Gasteiger partial charge in [-0.1, -0.05) is 44.7 Å². The number of pyridine rings is 1. The second-order valence-corrected chi connectivity index (χ2v) is 16.1. The summed E-state index contributed by atoms with van der Waals surface area (Å²) in [6.45, 7) is 11.4. The van der Waals surface area contributed by atoms with E-state index in [1.54, 1.807) is 37.3 Å². The predicted octanol–water partition coefficient (Wildman–Crippen LogP) is 6.29. The SMILES string of the molecule is COCN1c2cc(C(O[Si](C)(C)C(C)(C)C)c3cccc(/C=C/C(=O)O)n3)ccc2Sc2nccnc21. The monoisotopic (exact) mass is 536 g/mol. The van der Waals surface area contributed by atoms with E-state index in [9.17, 15) is 4.79 Å². The Labute approximate surface area is 222 Å². The summed E-state index contributed by atoms with van der Waals surface area (Å²) in [5.41, 5.74) is 3.19. The molecule has 1 aromatic carbocycles. The van der Waals surface area contributed by atoms with Crippen molar-refractivity contribution in [3.8, 4) is 0 Å². The lowest BCUT2D eigenvalue weighted by Crippen LogP contribution is -2.42. The van der Waals surface area contributed by atoms with Gasteiger partial charge in [-0.3, -0.25) is 9.88 Å². The molecule has 0 aliphatic carbocycles. The summed E-state index contributed by atoms with van der Waals surface area (Å²) in [6.07, 6.45) is 5.51. The molecule has 0 radical (unpaired) electrons. The number of methoxy groups -OCH3 is 1. The van der Waals surface area contributed by atoms with Crippen LogP contribution in [-0.4, -0.2) is 48.2 Å². The quantitative estimate of drug-likeness (QED) is 0.263. The van der Waals surface area contributed by atoms with Crippen molar-refractivity contribution in [1.82, 2.24) is 15.0 Å². The number of nitrogens with zero attached hydrogens (tertiary/aromatic N) is 4. The molecule has 0 fully saturated rings. The van der Waals surface area contributed by atoms with E-state index in [0.717, 1.165) is 38.8 Å². The summed E-state index contributed by atoms with van der Waals surface area (Å²) in [5.74, 6) is -0.269. The summed E-state index contributed by atoms with van der Waals surface area (Å²) in [6, 6.07) is 11.8. The first-order valence-electron chi connectivity index (χ1n) is 12.0. The summed E-state index contributed by atoms with van der Waals surface area (Å²) >= 11 is 1.57. The maximum absolute atomic E-state index is 11.1. The maximum atomic E-state index is 11.1. The van der Waals surface area contributed by atoms with Gasteiger partial charge in [0.2, 0.25) is 0 Å². The topological polar surface area (TPSA) is 97.7 Å². The number of benzene rings is 1. The number of carboxylic acids is 1. The van der Waals surface area contributed by atoms with Gasteiger partial charge in [0.15, 0.2) is 14.1 Å². The van der Waals surface area contributed by atoms with Crippen LogP contribution in [0, 0.1) is 0 Å². The molecule has 2 aromatic heterocycles. The van der Waals surface area contributed by atoms with Gasteiger partial charge in [-0.25, -0.2) is 14.8 Å². The molecule has 0 amide bonds. The Morgan fingerprint density at radius 3 is 2.65 bits per heavy atom. The van der Waals surface area contributed by atoms with Crippen LogP contribution in [-0.2, 0) is 14.0 Å². The molecule has 1 aliphatic rings. The second kappa shape index (κ2) is 10.7. The van der Waals surface area contributed by atoms with E-state index in [2.05, 4.69) is 62.0 Å². The van der Waals surface area contributed by atoms with E-state index in [1.165, 1.54) is 6.08 Å². The van der Waals surface area contributed by atoms with Crippen LogP contribution in [0.3, 0.4) is 0 Å². The van der Waals surface area contributed by atoms with Crippen LogP contribution in [0.5, 0.6) is 0 Å². The van der Waals surface area contributed by atoms with Crippen molar-refractivity contribution in [2.75, 3.05) is 18.7 Å². The van der Waals surface area contributed by atoms with E-state index < -0.39 is 20.4 Å². The van der Waals surface area contributed by atoms with Gasteiger partial charge in [0.05, 0.1) is 17.1 Å². The van der Waals surface area contributed by atoms with Crippen molar-refractivity contribution in [3.63, 3.8) is 0 Å². The number of aliphatic carboxylic acids is 1. The fraction of sp³-hybridized carbons (Fsp3) is 0.333. The number of fused-ring (bicyclic) bond motifs is 2. The minimum atomic E-state index is -2.23. The van der Waals surface area contributed by atoms with Crippen LogP contribution < -0.4 is 4.90 Å². The zero-order valence-electron chi connectivity index (χ0n) is 21.9. The number of anilines is 2. The number of hydrogen-bond acceptors (Lipinski definition) is 8. The van der Waals surface area contributed by atoms with Crippen molar-refractivity contribution >= 4 is 43.6 Å². The summed E-state index contributed by atoms with van der Waals surface area (Å²) < 4.78 is 12.5. The number of carboxylic acid groups (broad SMARTS) is 1. The highest BCUT2D eigenvalue weighted by molar-refractivity contribution is 7.99. The van der Waals surface area contributed by atoms with E-state index in [4.69, 9.17) is 19.3 Å². The normalized spacial score (nSPS) is 14.4. The third kappa shape index (κ3) is 5.93. The Morgan fingerprint density at radius 2 is 1.95 bits per heavy atom. The lowest BCUT2D eigenvalue weighted by atomic mass is 10.0. The molecule has 194 valence electrons. The second-order valence-electron chi connectivity index (χ2n) is 10.3. The molecule has 0 saturated heterocycles. The van der Waals surface area contributed by atoms with Crippen LogP contribution in [0.2, 0.25) is 18.1 Å². The number of aromatic nitrogens is 3. The Hall–Kier alpha value is -3.05. The van der Waals surface area contributed by atoms with E-state index in [-0.39, 0.29) is 5.04 Å². The zero-order chi connectivity index (χ0) is 26.8. The zero-order valence-corrected chi connectivity index (χ0v) is 23.7.